The van der Waals surface area contributed by atoms with E-state index in [4.69, 9.17) is 0 Å². The molecule has 0 aliphatic heterocycles. The lowest BCUT2D eigenvalue weighted by Gasteiger charge is -2.15. The van der Waals surface area contributed by atoms with Gasteiger partial charge in [-0.2, -0.15) is 22.5 Å². The van der Waals surface area contributed by atoms with Crippen LogP contribution >= 0.6 is 0 Å². The molecule has 0 aliphatic rings. The average Bonchev–Trinajstić information content (AvgIpc) is 2.35. The zero-order chi connectivity index (χ0) is 13.9. The number of carbonyl (C=O) groups is 1. The molecule has 1 aromatic heterocycles. The van der Waals surface area contributed by atoms with Crippen molar-refractivity contribution >= 4 is 11.6 Å². The summed E-state index contributed by atoms with van der Waals surface area (Å²) in [6.45, 7) is 1.61. The zero-order valence-electron chi connectivity index (χ0n) is 9.73. The molecule has 18 heavy (non-hydrogen) atoms. The van der Waals surface area contributed by atoms with Gasteiger partial charge in [-0.3, -0.25) is 4.79 Å². The third-order valence-corrected chi connectivity index (χ3v) is 2.31. The van der Waals surface area contributed by atoms with Gasteiger partial charge in [-0.15, -0.1) is 0 Å². The van der Waals surface area contributed by atoms with Crippen LogP contribution in [0.15, 0.2) is 0 Å². The second-order valence-corrected chi connectivity index (χ2v) is 3.46. The summed E-state index contributed by atoms with van der Waals surface area (Å²) < 4.78 is 51.8. The highest BCUT2D eigenvalue weighted by Crippen LogP contribution is 2.21. The van der Waals surface area contributed by atoms with Crippen LogP contribution in [0.1, 0.15) is 6.92 Å². The van der Waals surface area contributed by atoms with E-state index in [0.717, 1.165) is 0 Å². The summed E-state index contributed by atoms with van der Waals surface area (Å²) in [4.78, 5) is 15.0. The van der Waals surface area contributed by atoms with Crippen molar-refractivity contribution in [1.82, 2.24) is 9.88 Å². The highest BCUT2D eigenvalue weighted by molar-refractivity contribution is 5.80. The normalized spacial score (nSPS) is 10.3. The van der Waals surface area contributed by atoms with E-state index in [1.165, 1.54) is 11.9 Å². The topological polar surface area (TPSA) is 45.2 Å². The summed E-state index contributed by atoms with van der Waals surface area (Å²) >= 11 is 0. The summed E-state index contributed by atoms with van der Waals surface area (Å²) in [6, 6.07) is 0. The molecule has 100 valence electrons. The predicted molar refractivity (Wildman–Crippen MR) is 55.9 cm³/mol. The number of carbonyl (C=O) groups excluding carboxylic acids is 1. The Hall–Kier alpha value is -1.86. The van der Waals surface area contributed by atoms with Gasteiger partial charge in [-0.25, -0.2) is 0 Å². The standard InChI is InChI=1S/C10H11F4N3O/c1-3-17(2)5(18)4-15-8-6(11)9(13)16-10(14)7(8)12/h3-4H2,1-2H3,(H,15,16). The summed E-state index contributed by atoms with van der Waals surface area (Å²) in [7, 11) is 1.48. The molecule has 0 bridgehead atoms. The van der Waals surface area contributed by atoms with E-state index in [-0.39, 0.29) is 0 Å². The highest BCUT2D eigenvalue weighted by Gasteiger charge is 2.21. The van der Waals surface area contributed by atoms with E-state index in [9.17, 15) is 22.4 Å². The molecular formula is C10H11F4N3O. The van der Waals surface area contributed by atoms with E-state index in [1.54, 1.807) is 6.92 Å². The SMILES string of the molecule is CCN(C)C(=O)CNc1c(F)c(F)nc(F)c1F. The third-order valence-electron chi connectivity index (χ3n) is 2.31. The Balaban J connectivity index is 2.89. The fraction of sp³-hybridized carbons (Fsp3) is 0.400. The Morgan fingerprint density at radius 3 is 2.17 bits per heavy atom. The Bertz CT molecular complexity index is 441. The lowest BCUT2D eigenvalue weighted by atomic mass is 10.3. The summed E-state index contributed by atoms with van der Waals surface area (Å²) in [5.74, 6) is -7.35. The molecule has 0 aromatic carbocycles. The molecule has 1 aromatic rings. The number of hydrogen-bond donors (Lipinski definition) is 1. The Kier molecular flexibility index (Phi) is 4.46. The lowest BCUT2D eigenvalue weighted by Crippen LogP contribution is -2.32. The number of hydrogen-bond acceptors (Lipinski definition) is 3. The molecule has 0 unspecified atom stereocenters. The predicted octanol–water partition coefficient (Wildman–Crippen LogP) is 1.53. The minimum atomic E-state index is -1.77. The number of rotatable bonds is 4. The van der Waals surface area contributed by atoms with E-state index in [2.05, 4.69) is 4.98 Å². The molecule has 0 saturated heterocycles. The van der Waals surface area contributed by atoms with Gasteiger partial charge in [0.25, 0.3) is 11.9 Å². The van der Waals surface area contributed by atoms with E-state index >= 15 is 0 Å². The molecule has 0 aliphatic carbocycles. The number of likely N-dealkylation sites (N-methyl/N-ethyl adjacent to an activating group) is 1. The summed E-state index contributed by atoms with van der Waals surface area (Å²) in [5, 5.41) is 2.02. The molecular weight excluding hydrogens is 254 g/mol. The first-order valence-corrected chi connectivity index (χ1v) is 5.06. The highest BCUT2D eigenvalue weighted by atomic mass is 19.2. The molecule has 0 saturated carbocycles. The van der Waals surface area contributed by atoms with Gasteiger partial charge >= 0.3 is 0 Å². The van der Waals surface area contributed by atoms with Crippen molar-refractivity contribution in [2.24, 2.45) is 0 Å². The van der Waals surface area contributed by atoms with Crippen LogP contribution < -0.4 is 5.32 Å². The molecule has 4 nitrogen and oxygen atoms in total. The van der Waals surface area contributed by atoms with E-state index in [1.807, 2.05) is 5.32 Å². The van der Waals surface area contributed by atoms with Crippen LogP contribution in [0.25, 0.3) is 0 Å². The largest absolute Gasteiger partial charge is 0.371 e. The Morgan fingerprint density at radius 2 is 1.72 bits per heavy atom. The maximum absolute atomic E-state index is 13.1. The van der Waals surface area contributed by atoms with Gasteiger partial charge in [0.05, 0.1) is 6.54 Å². The van der Waals surface area contributed by atoms with Crippen molar-refractivity contribution < 1.29 is 22.4 Å². The van der Waals surface area contributed by atoms with Crippen LogP contribution in [0.3, 0.4) is 0 Å². The molecule has 0 spiro atoms. The first-order chi connectivity index (χ1) is 8.38. The zero-order valence-corrected chi connectivity index (χ0v) is 9.73. The molecule has 0 atom stereocenters. The minimum absolute atomic E-state index is 0.393. The maximum atomic E-state index is 13.1. The monoisotopic (exact) mass is 265 g/mol. The van der Waals surface area contributed by atoms with E-state index < -0.39 is 41.7 Å². The molecule has 1 heterocycles. The number of halogens is 4. The first kappa shape index (κ1) is 14.2. The Morgan fingerprint density at radius 1 is 1.22 bits per heavy atom. The van der Waals surface area contributed by atoms with Gasteiger partial charge in [0.15, 0.2) is 0 Å². The molecule has 1 rings (SSSR count). The van der Waals surface area contributed by atoms with Gasteiger partial charge in [-0.05, 0) is 6.92 Å². The summed E-state index contributed by atoms with van der Waals surface area (Å²) in [5.41, 5.74) is -1.04. The van der Waals surface area contributed by atoms with Gasteiger partial charge in [0.1, 0.15) is 5.69 Å². The summed E-state index contributed by atoms with van der Waals surface area (Å²) in [6.07, 6.45) is 0. The van der Waals surface area contributed by atoms with Crippen molar-refractivity contribution in [2.45, 2.75) is 6.92 Å². The van der Waals surface area contributed by atoms with Gasteiger partial charge in [0, 0.05) is 13.6 Å². The quantitative estimate of drug-likeness (QED) is 0.663. The minimum Gasteiger partial charge on any atom is -0.371 e. The Labute approximate surface area is 101 Å². The van der Waals surface area contributed by atoms with Crippen molar-refractivity contribution in [3.05, 3.63) is 23.5 Å². The van der Waals surface area contributed by atoms with Gasteiger partial charge < -0.3 is 10.2 Å². The van der Waals surface area contributed by atoms with Crippen LogP contribution in [0, 0.1) is 23.5 Å². The van der Waals surface area contributed by atoms with Crippen LogP contribution in [0.2, 0.25) is 0 Å². The average molecular weight is 265 g/mol. The number of amides is 1. The van der Waals surface area contributed by atoms with Gasteiger partial charge in [0.2, 0.25) is 17.5 Å². The first-order valence-electron chi connectivity index (χ1n) is 5.06. The molecule has 1 N–H and O–H groups in total. The van der Waals surface area contributed by atoms with Gasteiger partial charge in [-0.1, -0.05) is 0 Å². The molecule has 1 amide bonds. The number of aromatic nitrogens is 1. The van der Waals surface area contributed by atoms with Crippen molar-refractivity contribution in [1.29, 1.82) is 0 Å². The number of nitrogens with one attached hydrogen (secondary N) is 1. The second kappa shape index (κ2) is 5.65. The van der Waals surface area contributed by atoms with Crippen molar-refractivity contribution in [3.63, 3.8) is 0 Å². The fourth-order valence-electron chi connectivity index (χ4n) is 1.12. The number of nitrogens with zero attached hydrogens (tertiary/aromatic N) is 2. The maximum Gasteiger partial charge on any atom is 0.253 e. The number of pyridine rings is 1. The number of anilines is 1. The van der Waals surface area contributed by atoms with Crippen LogP contribution in [0.4, 0.5) is 23.2 Å². The van der Waals surface area contributed by atoms with Crippen LogP contribution in [-0.4, -0.2) is 35.9 Å². The molecule has 8 heteroatoms. The van der Waals surface area contributed by atoms with Crippen molar-refractivity contribution in [3.8, 4) is 0 Å². The molecule has 0 radical (unpaired) electrons. The van der Waals surface area contributed by atoms with Crippen molar-refractivity contribution in [2.75, 3.05) is 25.5 Å². The fourth-order valence-corrected chi connectivity index (χ4v) is 1.12. The third kappa shape index (κ3) is 2.88. The smallest absolute Gasteiger partial charge is 0.253 e. The van der Waals surface area contributed by atoms with Crippen LogP contribution in [-0.2, 0) is 4.79 Å². The second-order valence-electron chi connectivity index (χ2n) is 3.46. The lowest BCUT2D eigenvalue weighted by molar-refractivity contribution is -0.127. The van der Waals surface area contributed by atoms with Crippen LogP contribution in [0.5, 0.6) is 0 Å². The van der Waals surface area contributed by atoms with E-state index in [0.29, 0.717) is 6.54 Å². The molecule has 0 fully saturated rings.